The van der Waals surface area contributed by atoms with E-state index in [0.717, 1.165) is 119 Å². The molecular formula is C46H56LiN10O7-. The van der Waals surface area contributed by atoms with Gasteiger partial charge in [0.1, 0.15) is 11.2 Å². The number of nitrogens with one attached hydrogen (secondary N) is 1. The van der Waals surface area contributed by atoms with Crippen LogP contribution in [0.4, 0.5) is 11.9 Å². The Hall–Kier alpha value is -5.28. The number of carbonyl (C=O) groups excluding carboxylic acids is 4. The summed E-state index contributed by atoms with van der Waals surface area (Å²) in [6.45, 7) is 8.32. The first-order valence-electron chi connectivity index (χ1n) is 21.7. The van der Waals surface area contributed by atoms with Crippen LogP contribution in [-0.2, 0) is 43.4 Å². The Bertz CT molecular complexity index is 2200. The van der Waals surface area contributed by atoms with Gasteiger partial charge in [-0.25, -0.2) is 29.5 Å². The molecule has 6 N–H and O–H groups in total. The van der Waals surface area contributed by atoms with Crippen molar-refractivity contribution >= 4 is 36.0 Å². The molecule has 4 saturated heterocycles. The zero-order valence-corrected chi connectivity index (χ0v) is 36.5. The predicted octanol–water partition coefficient (Wildman–Crippen LogP) is 0.603. The molecule has 0 bridgehead atoms. The second-order valence-corrected chi connectivity index (χ2v) is 17.1. The van der Waals surface area contributed by atoms with Crippen LogP contribution in [0.5, 0.6) is 0 Å². The smallest absolute Gasteiger partial charge is 0.870 e. The molecule has 2 aromatic heterocycles. The molecule has 4 aromatic rings. The van der Waals surface area contributed by atoms with Crippen LogP contribution in [0.1, 0.15) is 94.3 Å². The first kappa shape index (κ1) is 48.2. The third-order valence-electron chi connectivity index (χ3n) is 13.1. The summed E-state index contributed by atoms with van der Waals surface area (Å²) in [4.78, 5) is 70.2. The van der Waals surface area contributed by atoms with Crippen molar-refractivity contribution in [1.29, 1.82) is 0 Å². The summed E-state index contributed by atoms with van der Waals surface area (Å²) in [7, 11) is 0. The van der Waals surface area contributed by atoms with Crippen LogP contribution in [0.2, 0.25) is 0 Å². The van der Waals surface area contributed by atoms with Crippen molar-refractivity contribution in [2.75, 3.05) is 63.8 Å². The average Bonchev–Trinajstić information content (AvgIpc) is 3.74. The maximum Gasteiger partial charge on any atom is 1.00 e. The van der Waals surface area contributed by atoms with Crippen molar-refractivity contribution in [2.24, 2.45) is 11.8 Å². The minimum absolute atomic E-state index is 0. The molecule has 6 aliphatic rings. The number of likely N-dealkylation sites (tertiary alicyclic amines) is 3. The predicted molar refractivity (Wildman–Crippen MR) is 232 cm³/mol. The molecule has 2 spiro atoms. The molecule has 0 aliphatic carbocycles. The van der Waals surface area contributed by atoms with Crippen LogP contribution < -0.4 is 35.6 Å². The summed E-state index contributed by atoms with van der Waals surface area (Å²) < 4.78 is 11.4. The fourth-order valence-corrected chi connectivity index (χ4v) is 9.57. The van der Waals surface area contributed by atoms with Crippen molar-refractivity contribution in [2.45, 2.75) is 75.7 Å². The Morgan fingerprint density at radius 3 is 1.55 bits per heavy atom. The molecule has 0 saturated carbocycles. The third-order valence-corrected chi connectivity index (χ3v) is 13.1. The first-order chi connectivity index (χ1) is 30.1. The molecule has 0 radical (unpaired) electrons. The molecule has 4 fully saturated rings. The maximum absolute atomic E-state index is 13.1. The number of fused-ring (bicyclic) bond motifs is 4. The van der Waals surface area contributed by atoms with Gasteiger partial charge in [0.05, 0.1) is 11.1 Å². The number of rotatable bonds is 6. The van der Waals surface area contributed by atoms with Crippen molar-refractivity contribution in [1.82, 2.24) is 40.0 Å². The minimum Gasteiger partial charge on any atom is -0.870 e. The molecule has 2 aromatic carbocycles. The molecule has 334 valence electrons. The SMILES string of the molecule is Nc1ncc(CN2CCC(C(=O)N3CCC4(CC3)OC(=O)c3ccccc34)CC2)cn1.Nc1ncc(CN2CCC([C-]=O)CC2)cn1.O=C1OC2(CCNCC2)c2ccccc21.[Li+].[OH-]. The average molecular weight is 868 g/mol. The van der Waals surface area contributed by atoms with Crippen LogP contribution in [0, 0.1) is 11.8 Å². The molecule has 64 heavy (non-hydrogen) atoms. The van der Waals surface area contributed by atoms with Crippen molar-refractivity contribution in [3.8, 4) is 0 Å². The van der Waals surface area contributed by atoms with E-state index in [1.54, 1.807) is 24.8 Å². The van der Waals surface area contributed by atoms with Gasteiger partial charge < -0.3 is 41.4 Å². The standard InChI is InChI=1S/C23H27N5O3.C12H13NO2.C11H15N4O.Li.H2O/c24-22-25-13-16(14-26-22)15-27-9-5-17(6-10-27)20(29)28-11-7-23(8-12-28)19-4-2-1-3-18(19)21(30)31-23;14-11-9-3-1-2-4-10(9)12(15-11)5-7-13-8-6-12;12-11-13-5-10(6-14-11)7-15-3-1-9(8-16)2-4-15;;/h1-4,13-14,17H,5-12,15H2,(H2,24,25,26);1-4,13H,5-8H2;5-6,9H,1-4,7H2,(H2,12,13,14);;1H2/q;;-1;+1;/p-1. The van der Waals surface area contributed by atoms with E-state index in [1.807, 2.05) is 53.4 Å². The molecule has 8 heterocycles. The summed E-state index contributed by atoms with van der Waals surface area (Å²) in [6.07, 6.45) is 15.7. The number of ether oxygens (including phenoxy) is 2. The van der Waals surface area contributed by atoms with Gasteiger partial charge >= 0.3 is 30.8 Å². The number of benzene rings is 2. The number of nitrogens with zero attached hydrogens (tertiary/aromatic N) is 7. The van der Waals surface area contributed by atoms with Crippen LogP contribution in [0.25, 0.3) is 0 Å². The fourth-order valence-electron chi connectivity index (χ4n) is 9.57. The Kier molecular flexibility index (Phi) is 16.3. The third kappa shape index (κ3) is 11.0. The van der Waals surface area contributed by atoms with E-state index in [-0.39, 0.29) is 65.6 Å². The number of hydrogen-bond acceptors (Lipinski definition) is 16. The number of esters is 2. The van der Waals surface area contributed by atoms with Crippen molar-refractivity contribution < 1.29 is 53.0 Å². The quantitative estimate of drug-likeness (QED) is 0.137. The molecule has 0 atom stereocenters. The van der Waals surface area contributed by atoms with Gasteiger partial charge in [-0.1, -0.05) is 49.2 Å². The van der Waals surface area contributed by atoms with Crippen LogP contribution in [0.3, 0.4) is 0 Å². The van der Waals surface area contributed by atoms with Crippen LogP contribution >= 0.6 is 0 Å². The van der Waals surface area contributed by atoms with E-state index in [1.165, 1.54) is 0 Å². The van der Waals surface area contributed by atoms with E-state index in [2.05, 4.69) is 41.3 Å². The number of nitrogen functional groups attached to an aromatic ring is 2. The van der Waals surface area contributed by atoms with Gasteiger partial charge in [0, 0.05) is 105 Å². The molecule has 18 heteroatoms. The van der Waals surface area contributed by atoms with Gasteiger partial charge in [-0.05, 0) is 64.2 Å². The molecule has 1 amide bonds. The maximum atomic E-state index is 13.1. The summed E-state index contributed by atoms with van der Waals surface area (Å²) >= 11 is 0. The number of hydrogen-bond donors (Lipinski definition) is 3. The second-order valence-electron chi connectivity index (χ2n) is 17.1. The van der Waals surface area contributed by atoms with E-state index in [0.29, 0.717) is 37.4 Å². The van der Waals surface area contributed by atoms with Gasteiger partial charge in [0.25, 0.3) is 0 Å². The molecule has 10 rings (SSSR count). The number of amides is 1. The Morgan fingerprint density at radius 1 is 0.672 bits per heavy atom. The zero-order valence-electron chi connectivity index (χ0n) is 36.5. The van der Waals surface area contributed by atoms with Gasteiger partial charge in [-0.15, -0.1) is 5.92 Å². The number of piperidine rings is 4. The Labute approximate surface area is 385 Å². The second kappa shape index (κ2) is 21.6. The molecular weight excluding hydrogens is 812 g/mol. The molecule has 6 aliphatic heterocycles. The van der Waals surface area contributed by atoms with Crippen LogP contribution in [0.15, 0.2) is 73.3 Å². The summed E-state index contributed by atoms with van der Waals surface area (Å²) in [6, 6.07) is 15.4. The van der Waals surface area contributed by atoms with E-state index >= 15 is 0 Å². The van der Waals surface area contributed by atoms with Gasteiger partial charge in [-0.3, -0.25) is 20.9 Å². The van der Waals surface area contributed by atoms with Gasteiger partial charge in [0.2, 0.25) is 17.8 Å². The van der Waals surface area contributed by atoms with E-state index in [9.17, 15) is 19.2 Å². The summed E-state index contributed by atoms with van der Waals surface area (Å²) in [5.74, 6) is 0.611. The zero-order chi connectivity index (χ0) is 43.1. The summed E-state index contributed by atoms with van der Waals surface area (Å²) in [5, 5.41) is 3.29. The number of carbonyl (C=O) groups is 3. The van der Waals surface area contributed by atoms with Crippen molar-refractivity contribution in [3.05, 3.63) is 107 Å². The summed E-state index contributed by atoms with van der Waals surface area (Å²) in [5.41, 5.74) is 15.6. The molecule has 0 unspecified atom stereocenters. The largest absolute Gasteiger partial charge is 1.00 e. The Balaban J connectivity index is 0.000000174. The number of aromatic nitrogens is 4. The fraction of sp³-hybridized carbons (Fsp3) is 0.478. The monoisotopic (exact) mass is 867 g/mol. The van der Waals surface area contributed by atoms with Crippen molar-refractivity contribution in [3.63, 3.8) is 0 Å². The van der Waals surface area contributed by atoms with E-state index in [4.69, 9.17) is 20.9 Å². The first-order valence-corrected chi connectivity index (χ1v) is 21.7. The topological polar surface area (TPSA) is 242 Å². The van der Waals surface area contributed by atoms with Gasteiger partial charge in [0.15, 0.2) is 0 Å². The number of anilines is 2. The van der Waals surface area contributed by atoms with Gasteiger partial charge in [-0.2, -0.15) is 0 Å². The normalized spacial score (nSPS) is 20.2. The minimum atomic E-state index is -0.561. The van der Waals surface area contributed by atoms with E-state index < -0.39 is 5.60 Å². The van der Waals surface area contributed by atoms with Crippen LogP contribution in [-0.4, -0.2) is 117 Å². The number of nitrogens with two attached hydrogens (primary N) is 2. The molecule has 17 nitrogen and oxygen atoms in total. The Morgan fingerprint density at radius 2 is 1.09 bits per heavy atom.